The third kappa shape index (κ3) is 4.42. The van der Waals surface area contributed by atoms with Crippen molar-refractivity contribution in [1.29, 1.82) is 0 Å². The number of thioether (sulfide) groups is 1. The van der Waals surface area contributed by atoms with Crippen molar-refractivity contribution < 1.29 is 24.0 Å². The van der Waals surface area contributed by atoms with Gasteiger partial charge in [-0.25, -0.2) is 0 Å². The number of methoxy groups -OCH3 is 2. The fourth-order valence-electron chi connectivity index (χ4n) is 2.56. The third-order valence-electron chi connectivity index (χ3n) is 4.07. The van der Waals surface area contributed by atoms with E-state index < -0.39 is 16.7 Å². The Kier molecular flexibility index (Phi) is 6.33. The topological polar surface area (TPSA) is 111 Å². The molecule has 154 valence electrons. The summed E-state index contributed by atoms with van der Waals surface area (Å²) in [5.41, 5.74) is 2.98. The number of nitrogens with zero attached hydrogens (tertiary/aromatic N) is 2. The minimum atomic E-state index is -0.555. The highest BCUT2D eigenvalue weighted by Gasteiger charge is 2.34. The number of rotatable bonds is 6. The number of ether oxygens (including phenoxy) is 2. The Hall–Kier alpha value is -3.44. The summed E-state index contributed by atoms with van der Waals surface area (Å²) in [5.74, 6) is -0.136. The van der Waals surface area contributed by atoms with Crippen molar-refractivity contribution in [3.05, 3.63) is 68.6 Å². The van der Waals surface area contributed by atoms with Crippen molar-refractivity contribution in [1.82, 2.24) is 10.4 Å². The molecule has 9 nitrogen and oxygen atoms in total. The maximum Gasteiger partial charge on any atom is 0.285 e. The van der Waals surface area contributed by atoms with Crippen molar-refractivity contribution >= 4 is 51.9 Å². The summed E-state index contributed by atoms with van der Waals surface area (Å²) in [6.45, 7) is 0. The molecule has 1 saturated heterocycles. The van der Waals surface area contributed by atoms with Crippen LogP contribution in [0.2, 0.25) is 0 Å². The lowest BCUT2D eigenvalue weighted by molar-refractivity contribution is -0.384. The quantitative estimate of drug-likeness (QED) is 0.312. The van der Waals surface area contributed by atoms with E-state index in [1.54, 1.807) is 24.3 Å². The van der Waals surface area contributed by atoms with Crippen LogP contribution in [0.1, 0.15) is 15.9 Å². The molecule has 0 saturated carbocycles. The van der Waals surface area contributed by atoms with Gasteiger partial charge in [-0.05, 0) is 48.6 Å². The highest BCUT2D eigenvalue weighted by atomic mass is 32.2. The Morgan fingerprint density at radius 3 is 2.50 bits per heavy atom. The summed E-state index contributed by atoms with van der Waals surface area (Å²) in [7, 11) is 2.93. The molecular formula is C19H15N3O6S2. The molecule has 2 amide bonds. The number of carbonyl (C=O) groups excluding carboxylic acids is 2. The summed E-state index contributed by atoms with van der Waals surface area (Å²) in [4.78, 5) is 35.9. The molecule has 1 aliphatic rings. The molecule has 3 rings (SSSR count). The zero-order chi connectivity index (χ0) is 21.8. The highest BCUT2D eigenvalue weighted by molar-refractivity contribution is 8.26. The molecular weight excluding hydrogens is 430 g/mol. The van der Waals surface area contributed by atoms with E-state index in [4.69, 9.17) is 21.7 Å². The van der Waals surface area contributed by atoms with Crippen LogP contribution < -0.4 is 14.9 Å². The van der Waals surface area contributed by atoms with E-state index in [0.29, 0.717) is 22.6 Å². The number of hydrogen-bond acceptors (Lipinski definition) is 8. The summed E-state index contributed by atoms with van der Waals surface area (Å²) in [6.07, 6.45) is 1.44. The molecule has 0 unspecified atom stereocenters. The fourth-order valence-corrected chi connectivity index (χ4v) is 3.73. The smallest absolute Gasteiger partial charge is 0.285 e. The summed E-state index contributed by atoms with van der Waals surface area (Å²) in [5, 5.41) is 12.0. The van der Waals surface area contributed by atoms with E-state index in [9.17, 15) is 19.7 Å². The van der Waals surface area contributed by atoms with Crippen molar-refractivity contribution in [2.45, 2.75) is 0 Å². The number of benzene rings is 2. The fraction of sp³-hybridized carbons (Fsp3) is 0.105. The molecule has 1 aliphatic heterocycles. The van der Waals surface area contributed by atoms with Crippen LogP contribution >= 0.6 is 24.0 Å². The zero-order valence-electron chi connectivity index (χ0n) is 15.8. The van der Waals surface area contributed by atoms with Crippen molar-refractivity contribution in [3.63, 3.8) is 0 Å². The average Bonchev–Trinajstić information content (AvgIpc) is 3.01. The van der Waals surface area contributed by atoms with E-state index in [1.165, 1.54) is 38.5 Å². The number of hydrogen-bond donors (Lipinski definition) is 1. The number of thiocarbonyl (C=S) groups is 1. The van der Waals surface area contributed by atoms with Gasteiger partial charge < -0.3 is 9.47 Å². The van der Waals surface area contributed by atoms with Gasteiger partial charge in [0.1, 0.15) is 11.5 Å². The summed E-state index contributed by atoms with van der Waals surface area (Å²) < 4.78 is 10.4. The standard InChI is InChI=1S/C19H15N3O6S2/c1-27-14-6-3-11(4-7-14)17(23)20-21-18(24)16(30-19(21)29)10-12-9-13(22(25)26)5-8-15(12)28-2/h3-10H,1-2H3,(H,20,23). The molecule has 2 aromatic rings. The minimum Gasteiger partial charge on any atom is -0.497 e. The van der Waals surface area contributed by atoms with Gasteiger partial charge in [-0.15, -0.1) is 0 Å². The maximum absolute atomic E-state index is 12.7. The Morgan fingerprint density at radius 1 is 1.20 bits per heavy atom. The number of nitrogens with one attached hydrogen (secondary N) is 1. The molecule has 0 bridgehead atoms. The van der Waals surface area contributed by atoms with Crippen LogP contribution in [0.5, 0.6) is 11.5 Å². The van der Waals surface area contributed by atoms with Crippen molar-refractivity contribution in [2.75, 3.05) is 14.2 Å². The van der Waals surface area contributed by atoms with E-state index in [-0.39, 0.29) is 14.9 Å². The van der Waals surface area contributed by atoms with Crippen LogP contribution in [0, 0.1) is 10.1 Å². The number of carbonyl (C=O) groups is 2. The van der Waals surface area contributed by atoms with E-state index in [1.807, 2.05) is 0 Å². The molecule has 0 atom stereocenters. The van der Waals surface area contributed by atoms with Crippen LogP contribution in [0.25, 0.3) is 6.08 Å². The Morgan fingerprint density at radius 2 is 1.90 bits per heavy atom. The average molecular weight is 445 g/mol. The zero-order valence-corrected chi connectivity index (χ0v) is 17.4. The van der Waals surface area contributed by atoms with E-state index in [2.05, 4.69) is 5.43 Å². The number of nitro groups is 1. The van der Waals surface area contributed by atoms with Gasteiger partial charge in [-0.1, -0.05) is 11.8 Å². The third-order valence-corrected chi connectivity index (χ3v) is 5.37. The molecule has 0 aromatic heterocycles. The first-order valence-electron chi connectivity index (χ1n) is 8.39. The van der Waals surface area contributed by atoms with Gasteiger partial charge in [-0.3, -0.25) is 25.1 Å². The summed E-state index contributed by atoms with van der Waals surface area (Å²) in [6, 6.07) is 10.4. The number of hydrazine groups is 1. The second-order valence-corrected chi connectivity index (χ2v) is 7.55. The summed E-state index contributed by atoms with van der Waals surface area (Å²) >= 11 is 6.16. The lowest BCUT2D eigenvalue weighted by atomic mass is 10.1. The maximum atomic E-state index is 12.7. The highest BCUT2D eigenvalue weighted by Crippen LogP contribution is 2.34. The molecule has 0 radical (unpaired) electrons. The molecule has 0 aliphatic carbocycles. The van der Waals surface area contributed by atoms with Gasteiger partial charge in [0.2, 0.25) is 0 Å². The van der Waals surface area contributed by atoms with Crippen molar-refractivity contribution in [2.24, 2.45) is 0 Å². The molecule has 1 N–H and O–H groups in total. The van der Waals surface area contributed by atoms with Crippen molar-refractivity contribution in [3.8, 4) is 11.5 Å². The Labute approximate surface area is 180 Å². The second-order valence-electron chi connectivity index (χ2n) is 5.87. The molecule has 1 heterocycles. The van der Waals surface area contributed by atoms with Crippen LogP contribution in [-0.2, 0) is 4.79 Å². The lowest BCUT2D eigenvalue weighted by Gasteiger charge is -2.15. The SMILES string of the molecule is COc1ccc(C(=O)NN2C(=O)C(=Cc3cc([N+](=O)[O-])ccc3OC)SC2=S)cc1. The van der Waals surface area contributed by atoms with Crippen LogP contribution in [0.15, 0.2) is 47.4 Å². The largest absolute Gasteiger partial charge is 0.497 e. The van der Waals surface area contributed by atoms with Gasteiger partial charge >= 0.3 is 0 Å². The Balaban J connectivity index is 1.83. The lowest BCUT2D eigenvalue weighted by Crippen LogP contribution is -2.44. The molecule has 0 spiro atoms. The minimum absolute atomic E-state index is 0.123. The van der Waals surface area contributed by atoms with Gasteiger partial charge in [-0.2, -0.15) is 5.01 Å². The molecule has 2 aromatic carbocycles. The number of nitro benzene ring substituents is 1. The number of amides is 2. The first kappa shape index (κ1) is 21.3. The first-order valence-corrected chi connectivity index (χ1v) is 9.62. The second kappa shape index (κ2) is 8.93. The molecule has 11 heteroatoms. The normalized spacial score (nSPS) is 14.7. The predicted molar refractivity (Wildman–Crippen MR) is 115 cm³/mol. The van der Waals surface area contributed by atoms with E-state index >= 15 is 0 Å². The van der Waals surface area contributed by atoms with Crippen LogP contribution in [-0.4, -0.2) is 40.3 Å². The molecule has 1 fully saturated rings. The van der Waals surface area contributed by atoms with Gasteiger partial charge in [0.25, 0.3) is 17.5 Å². The van der Waals surface area contributed by atoms with Crippen LogP contribution in [0.4, 0.5) is 5.69 Å². The Bertz CT molecular complexity index is 1070. The first-order chi connectivity index (χ1) is 14.3. The molecule has 30 heavy (non-hydrogen) atoms. The van der Waals surface area contributed by atoms with E-state index in [0.717, 1.165) is 16.8 Å². The monoisotopic (exact) mass is 445 g/mol. The van der Waals surface area contributed by atoms with Gasteiger partial charge in [0, 0.05) is 23.3 Å². The number of non-ortho nitro benzene ring substituents is 1. The van der Waals surface area contributed by atoms with Gasteiger partial charge in [0.05, 0.1) is 24.0 Å². The predicted octanol–water partition coefficient (Wildman–Crippen LogP) is 3.16. The van der Waals surface area contributed by atoms with Gasteiger partial charge in [0.15, 0.2) is 4.32 Å². The van der Waals surface area contributed by atoms with Crippen LogP contribution in [0.3, 0.4) is 0 Å².